The third kappa shape index (κ3) is 8.37. The fourth-order valence-electron chi connectivity index (χ4n) is 11.5. The van der Waals surface area contributed by atoms with Gasteiger partial charge in [-0.2, -0.15) is 0 Å². The summed E-state index contributed by atoms with van der Waals surface area (Å²) in [5, 5.41) is 8.01. The number of aromatic nitrogens is 3. The Morgan fingerprint density at radius 2 is 1.05 bits per heavy atom. The average Bonchev–Trinajstić information content (AvgIpc) is 0.885. The van der Waals surface area contributed by atoms with Crippen molar-refractivity contribution in [1.29, 1.82) is 0 Å². The van der Waals surface area contributed by atoms with E-state index in [4.69, 9.17) is 22.1 Å². The number of benzene rings is 9. The Morgan fingerprint density at radius 1 is 0.429 bits per heavy atom. The molecule has 0 spiro atoms. The molecule has 77 heavy (non-hydrogen) atoms. The Balaban J connectivity index is 1.02. The van der Waals surface area contributed by atoms with E-state index in [1.807, 2.05) is 81.6 Å². The molecule has 0 saturated carbocycles. The molecule has 9 aromatic carbocycles. The maximum absolute atomic E-state index is 8.83. The number of hydrogen-bond donors (Lipinski definition) is 0. The van der Waals surface area contributed by atoms with Crippen molar-refractivity contribution in [3.63, 3.8) is 0 Å². The Kier molecular flexibility index (Phi) is 9.07. The molecule has 5 heteroatoms. The number of hydrogen-bond acceptors (Lipinski definition) is 3. The van der Waals surface area contributed by atoms with Gasteiger partial charge >= 0.3 is 0 Å². The molecule has 1 aliphatic heterocycles. The molecule has 3 aromatic heterocycles. The topological polar surface area (TPSA) is 35.2 Å². The smallest absolute Gasteiger partial charge is 0.137 e. The minimum atomic E-state index is -3.47. The summed E-state index contributed by atoms with van der Waals surface area (Å²) in [6.07, 6.45) is 1.89. The van der Waals surface area contributed by atoms with Crippen LogP contribution in [0.2, 0.25) is 0 Å². The van der Waals surface area contributed by atoms with Gasteiger partial charge in [0.25, 0.3) is 0 Å². The van der Waals surface area contributed by atoms with Gasteiger partial charge in [-0.15, -0.1) is 0 Å². The van der Waals surface area contributed by atoms with Gasteiger partial charge in [-0.1, -0.05) is 202 Å². The Morgan fingerprint density at radius 3 is 1.75 bits per heavy atom. The summed E-state index contributed by atoms with van der Waals surface area (Å²) in [6.45, 7) is 2.38. The van der Waals surface area contributed by atoms with Crippen molar-refractivity contribution in [1.82, 2.24) is 14.1 Å². The van der Waals surface area contributed by atoms with E-state index in [1.54, 1.807) is 0 Å². The van der Waals surface area contributed by atoms with E-state index in [0.717, 1.165) is 93.5 Å². The molecular weight excluding hydrogens is 937 g/mol. The fraction of sp³-hybridized carbons (Fsp3) is 0.181. The van der Waals surface area contributed by atoms with E-state index in [-0.39, 0.29) is 11.0 Å². The lowest BCUT2D eigenvalue weighted by atomic mass is 9.78. The standard InChI is InChI=1S/C72H64N4O/c1-70(2,3)49-36-37-73-67(42-49)76-64-35-32-47(46-20-11-10-12-21-46)40-63(64)60-34-33-54(44-66(60)76)77-53-23-17-22-52(43-53)74-45-75-68-55(48-38-50(71(4,5)6)41-51(39-48)72(7,8)9)28-18-29-61(68)58-26-15-13-24-56(58)57-25-14-16-27-59(57)62-30-19-31-65(74)69(62)75/h10-44H,45H2,1-9H3/i4D3,5D3,6D3. The highest BCUT2D eigenvalue weighted by atomic mass is 16.5. The summed E-state index contributed by atoms with van der Waals surface area (Å²) in [4.78, 5) is 7.23. The number of pyridine rings is 1. The molecule has 0 bridgehead atoms. The van der Waals surface area contributed by atoms with Crippen LogP contribution in [0, 0.1) is 0 Å². The zero-order valence-electron chi connectivity index (χ0n) is 53.1. The minimum absolute atomic E-state index is 0.105. The molecular formula is C72H64N4O. The maximum Gasteiger partial charge on any atom is 0.137 e. The third-order valence-electron chi connectivity index (χ3n) is 15.5. The van der Waals surface area contributed by atoms with Gasteiger partial charge in [-0.25, -0.2) is 4.98 Å². The van der Waals surface area contributed by atoms with Crippen LogP contribution in [0.4, 0.5) is 11.4 Å². The molecule has 5 nitrogen and oxygen atoms in total. The lowest BCUT2D eigenvalue weighted by Crippen LogP contribution is -2.17. The highest BCUT2D eigenvalue weighted by Gasteiger charge is 2.28. The van der Waals surface area contributed by atoms with E-state index < -0.39 is 31.4 Å². The van der Waals surface area contributed by atoms with Crippen molar-refractivity contribution >= 4 is 76.5 Å². The second-order valence-electron chi connectivity index (χ2n) is 22.6. The zero-order valence-corrected chi connectivity index (χ0v) is 44.1. The van der Waals surface area contributed by atoms with Crippen molar-refractivity contribution in [2.75, 3.05) is 4.90 Å². The van der Waals surface area contributed by atoms with Gasteiger partial charge in [0.2, 0.25) is 0 Å². The van der Waals surface area contributed by atoms with Gasteiger partial charge in [-0.3, -0.25) is 4.57 Å². The quantitative estimate of drug-likeness (QED) is 0.166. The first-order chi connectivity index (χ1) is 40.8. The van der Waals surface area contributed by atoms with Crippen LogP contribution in [0.1, 0.15) is 91.1 Å². The molecule has 378 valence electrons. The molecule has 0 N–H and O–H groups in total. The fourth-order valence-corrected chi connectivity index (χ4v) is 11.5. The Labute approximate surface area is 464 Å². The molecule has 0 saturated heterocycles. The van der Waals surface area contributed by atoms with Gasteiger partial charge < -0.3 is 14.2 Å². The summed E-state index contributed by atoms with van der Waals surface area (Å²) in [7, 11) is 0. The van der Waals surface area contributed by atoms with E-state index in [2.05, 4.69) is 174 Å². The van der Waals surface area contributed by atoms with Gasteiger partial charge in [0.15, 0.2) is 0 Å². The van der Waals surface area contributed by atoms with Crippen LogP contribution in [-0.4, -0.2) is 14.1 Å². The van der Waals surface area contributed by atoms with Crippen LogP contribution >= 0.6 is 0 Å². The van der Waals surface area contributed by atoms with E-state index in [9.17, 15) is 0 Å². The normalized spacial score (nSPS) is 15.1. The Hall–Kier alpha value is -8.67. The lowest BCUT2D eigenvalue weighted by Gasteiger charge is -2.27. The van der Waals surface area contributed by atoms with Crippen molar-refractivity contribution in [2.45, 2.75) is 85.0 Å². The Bertz CT molecular complexity index is 4730. The predicted molar refractivity (Wildman–Crippen MR) is 326 cm³/mol. The summed E-state index contributed by atoms with van der Waals surface area (Å²) in [5.74, 6) is 2.08. The largest absolute Gasteiger partial charge is 0.457 e. The summed E-state index contributed by atoms with van der Waals surface area (Å²) in [6, 6.07) is 69.7. The number of rotatable bonds is 6. The monoisotopic (exact) mass is 1010 g/mol. The third-order valence-corrected chi connectivity index (χ3v) is 15.5. The molecule has 13 rings (SSSR count). The van der Waals surface area contributed by atoms with Crippen molar-refractivity contribution < 1.29 is 17.1 Å². The highest BCUT2D eigenvalue weighted by Crippen LogP contribution is 2.46. The summed E-state index contributed by atoms with van der Waals surface area (Å²) in [5.41, 5.74) is 6.30. The molecule has 0 amide bonds. The number of fused-ring (bicyclic) bond motifs is 10. The zero-order chi connectivity index (χ0) is 60.5. The van der Waals surface area contributed by atoms with E-state index >= 15 is 0 Å². The van der Waals surface area contributed by atoms with Crippen LogP contribution < -0.4 is 9.64 Å². The predicted octanol–water partition coefficient (Wildman–Crippen LogP) is 19.8. The van der Waals surface area contributed by atoms with Gasteiger partial charge in [0.05, 0.1) is 27.8 Å². The molecule has 0 fully saturated rings. The molecule has 4 heterocycles. The molecule has 1 aliphatic rings. The molecule has 0 radical (unpaired) electrons. The van der Waals surface area contributed by atoms with Crippen LogP contribution in [0.5, 0.6) is 11.5 Å². The highest BCUT2D eigenvalue weighted by molar-refractivity contribution is 6.22. The number of para-hydroxylation sites is 2. The van der Waals surface area contributed by atoms with Crippen molar-refractivity contribution in [3.05, 3.63) is 229 Å². The van der Waals surface area contributed by atoms with Crippen molar-refractivity contribution in [2.24, 2.45) is 0 Å². The lowest BCUT2D eigenvalue weighted by molar-refractivity contribution is 0.483. The average molecular weight is 1010 g/mol. The van der Waals surface area contributed by atoms with Crippen LogP contribution in [0.15, 0.2) is 212 Å². The molecule has 0 atom stereocenters. The second kappa shape index (κ2) is 18.0. The SMILES string of the molecule is [2H]C([2H])([2H])C(c1cc(-c2cccc3c4ccccc4c4ccccc4c4cccc5c4n(c23)CN5c2cccc(Oc3ccc4c5cc(-c6ccccc6)ccc5n(-c5cc(C(C)(C)C)ccn5)c4c3)c2)cc(C(C)(C)C)c1)(C([2H])([2H])[2H])C([2H])([2H])[2H]. The molecule has 0 unspecified atom stereocenters. The van der Waals surface area contributed by atoms with Gasteiger partial charge in [0.1, 0.15) is 24.0 Å². The van der Waals surface area contributed by atoms with Crippen LogP contribution in [0.25, 0.3) is 93.2 Å². The van der Waals surface area contributed by atoms with Crippen molar-refractivity contribution in [3.8, 4) is 39.6 Å². The number of nitrogens with zero attached hydrogens (tertiary/aromatic N) is 4. The molecule has 0 aliphatic carbocycles. The first-order valence-corrected chi connectivity index (χ1v) is 26.4. The first-order valence-electron chi connectivity index (χ1n) is 30.9. The summed E-state index contributed by atoms with van der Waals surface area (Å²) >= 11 is 0. The van der Waals surface area contributed by atoms with Crippen LogP contribution in [-0.2, 0) is 22.9 Å². The van der Waals surface area contributed by atoms with Gasteiger partial charge in [0, 0.05) is 63.5 Å². The number of anilines is 2. The summed E-state index contributed by atoms with van der Waals surface area (Å²) < 4.78 is 90.9. The van der Waals surface area contributed by atoms with Gasteiger partial charge in [-0.05, 0) is 126 Å². The second-order valence-corrected chi connectivity index (χ2v) is 22.6. The van der Waals surface area contributed by atoms with E-state index in [0.29, 0.717) is 34.9 Å². The van der Waals surface area contributed by atoms with Crippen LogP contribution in [0.3, 0.4) is 0 Å². The minimum Gasteiger partial charge on any atom is -0.457 e. The van der Waals surface area contributed by atoms with E-state index in [1.165, 1.54) is 17.7 Å². The first kappa shape index (κ1) is 38.8. The number of ether oxygens (including phenoxy) is 1. The molecule has 12 aromatic rings. The maximum atomic E-state index is 8.83.